The summed E-state index contributed by atoms with van der Waals surface area (Å²) >= 11 is 13.8. The van der Waals surface area contributed by atoms with Gasteiger partial charge in [-0.25, -0.2) is 4.98 Å². The van der Waals surface area contributed by atoms with Crippen LogP contribution in [0.2, 0.25) is 10.0 Å². The zero-order valence-electron chi connectivity index (χ0n) is 15.7. The third kappa shape index (κ3) is 3.32. The van der Waals surface area contributed by atoms with E-state index in [1.807, 2.05) is 19.9 Å². The molecule has 4 rings (SSSR count). The summed E-state index contributed by atoms with van der Waals surface area (Å²) in [5.41, 5.74) is 1.36. The maximum atomic E-state index is 13.3. The summed E-state index contributed by atoms with van der Waals surface area (Å²) in [7, 11) is 0. The molecule has 4 atom stereocenters. The van der Waals surface area contributed by atoms with E-state index in [-0.39, 0.29) is 29.5 Å². The number of ether oxygens (including phenoxy) is 1. The Balaban J connectivity index is 1.73. The summed E-state index contributed by atoms with van der Waals surface area (Å²) in [5, 5.41) is 1.77. The van der Waals surface area contributed by atoms with E-state index in [0.29, 0.717) is 33.8 Å². The quantitative estimate of drug-likeness (QED) is 0.605. The van der Waals surface area contributed by atoms with Gasteiger partial charge in [0.2, 0.25) is 0 Å². The summed E-state index contributed by atoms with van der Waals surface area (Å²) < 4.78 is 5.75. The number of Topliss-reactive ketones (excluding diaryl/α,β-unsaturated/α-hetero) is 2. The van der Waals surface area contributed by atoms with Crippen molar-refractivity contribution >= 4 is 46.1 Å². The van der Waals surface area contributed by atoms with Crippen LogP contribution in [0.1, 0.15) is 43.2 Å². The van der Waals surface area contributed by atoms with Crippen LogP contribution in [0.5, 0.6) is 0 Å². The van der Waals surface area contributed by atoms with Crippen molar-refractivity contribution in [3.8, 4) is 10.6 Å². The molecule has 0 N–H and O–H groups in total. The van der Waals surface area contributed by atoms with Gasteiger partial charge < -0.3 is 4.74 Å². The molecule has 1 aromatic carbocycles. The Morgan fingerprint density at radius 2 is 2.04 bits per heavy atom. The Hall–Kier alpha value is -1.27. The zero-order chi connectivity index (χ0) is 20.0. The molecule has 2 aliphatic rings. The largest absolute Gasteiger partial charge is 0.377 e. The predicted molar refractivity (Wildman–Crippen MR) is 111 cm³/mol. The lowest BCUT2D eigenvalue weighted by molar-refractivity contribution is -0.126. The SMILES string of the molecule is CCc1sc(-c2ccc(Cl)cc2Cl)nc1C1C(=O)[C@H]([C@H]2CCCO2)[C@H](C)C1=O. The monoisotopic (exact) mass is 437 g/mol. The third-order valence-electron chi connectivity index (χ3n) is 5.73. The second-order valence-electron chi connectivity index (χ2n) is 7.41. The van der Waals surface area contributed by atoms with Crippen molar-refractivity contribution in [1.82, 2.24) is 4.98 Å². The van der Waals surface area contributed by atoms with Crippen molar-refractivity contribution in [3.63, 3.8) is 0 Å². The molecule has 2 aromatic rings. The smallest absolute Gasteiger partial charge is 0.155 e. The molecule has 0 spiro atoms. The molecule has 2 heterocycles. The van der Waals surface area contributed by atoms with Crippen LogP contribution in [0.15, 0.2) is 18.2 Å². The van der Waals surface area contributed by atoms with E-state index in [0.717, 1.165) is 23.3 Å². The lowest BCUT2D eigenvalue weighted by Gasteiger charge is -2.19. The van der Waals surface area contributed by atoms with Crippen LogP contribution >= 0.6 is 34.5 Å². The number of hydrogen-bond acceptors (Lipinski definition) is 5. The minimum absolute atomic E-state index is 0.0424. The first-order chi connectivity index (χ1) is 13.4. The molecular formula is C21H21Cl2NO3S. The van der Waals surface area contributed by atoms with Crippen LogP contribution in [-0.2, 0) is 20.7 Å². The molecule has 4 nitrogen and oxygen atoms in total. The molecule has 1 saturated heterocycles. The molecule has 1 unspecified atom stereocenters. The normalized spacial score (nSPS) is 27.7. The van der Waals surface area contributed by atoms with Gasteiger partial charge in [-0.05, 0) is 37.5 Å². The second kappa shape index (κ2) is 7.86. The fraction of sp³-hybridized carbons (Fsp3) is 0.476. The summed E-state index contributed by atoms with van der Waals surface area (Å²) in [5.74, 6) is -1.59. The number of ketones is 2. The molecule has 0 radical (unpaired) electrons. The minimum atomic E-state index is -0.796. The summed E-state index contributed by atoms with van der Waals surface area (Å²) in [6, 6.07) is 5.26. The van der Waals surface area contributed by atoms with Gasteiger partial charge in [0.1, 0.15) is 10.9 Å². The topological polar surface area (TPSA) is 56.3 Å². The molecule has 2 fully saturated rings. The first-order valence-electron chi connectivity index (χ1n) is 9.56. The molecule has 0 bridgehead atoms. The van der Waals surface area contributed by atoms with E-state index in [1.54, 1.807) is 12.1 Å². The van der Waals surface area contributed by atoms with Crippen LogP contribution in [0.25, 0.3) is 10.6 Å². The summed E-state index contributed by atoms with van der Waals surface area (Å²) in [6.07, 6.45) is 2.33. The van der Waals surface area contributed by atoms with E-state index in [9.17, 15) is 9.59 Å². The highest BCUT2D eigenvalue weighted by Crippen LogP contribution is 2.44. The van der Waals surface area contributed by atoms with Crippen molar-refractivity contribution < 1.29 is 14.3 Å². The van der Waals surface area contributed by atoms with Crippen molar-refractivity contribution in [2.24, 2.45) is 11.8 Å². The molecule has 1 aliphatic carbocycles. The molecule has 1 aromatic heterocycles. The summed E-state index contributed by atoms with van der Waals surface area (Å²) in [4.78, 5) is 32.0. The van der Waals surface area contributed by atoms with Gasteiger partial charge in [-0.1, -0.05) is 37.0 Å². The highest BCUT2D eigenvalue weighted by atomic mass is 35.5. The van der Waals surface area contributed by atoms with Crippen LogP contribution in [0.3, 0.4) is 0 Å². The van der Waals surface area contributed by atoms with E-state index < -0.39 is 5.92 Å². The Morgan fingerprint density at radius 3 is 2.68 bits per heavy atom. The number of hydrogen-bond donors (Lipinski definition) is 0. The van der Waals surface area contributed by atoms with Gasteiger partial charge in [0, 0.05) is 28.0 Å². The molecular weight excluding hydrogens is 417 g/mol. The molecule has 7 heteroatoms. The number of aryl methyl sites for hydroxylation is 1. The number of carbonyl (C=O) groups excluding carboxylic acids is 2. The van der Waals surface area contributed by atoms with Crippen LogP contribution in [0.4, 0.5) is 0 Å². The molecule has 28 heavy (non-hydrogen) atoms. The number of carbonyl (C=O) groups is 2. The van der Waals surface area contributed by atoms with Crippen LogP contribution < -0.4 is 0 Å². The number of nitrogens with zero attached hydrogens (tertiary/aromatic N) is 1. The van der Waals surface area contributed by atoms with Gasteiger partial charge in [-0.15, -0.1) is 11.3 Å². The third-order valence-corrected chi connectivity index (χ3v) is 7.53. The average molecular weight is 438 g/mol. The Kier molecular flexibility index (Phi) is 5.62. The second-order valence-corrected chi connectivity index (χ2v) is 9.34. The van der Waals surface area contributed by atoms with Crippen LogP contribution in [0, 0.1) is 11.8 Å². The van der Waals surface area contributed by atoms with Gasteiger partial charge in [0.05, 0.1) is 22.7 Å². The molecule has 0 amide bonds. The predicted octanol–water partition coefficient (Wildman–Crippen LogP) is 5.35. The van der Waals surface area contributed by atoms with Crippen molar-refractivity contribution in [2.45, 2.75) is 45.1 Å². The van der Waals surface area contributed by atoms with Gasteiger partial charge in [0.25, 0.3) is 0 Å². The van der Waals surface area contributed by atoms with E-state index in [1.165, 1.54) is 11.3 Å². The molecule has 148 valence electrons. The highest BCUT2D eigenvalue weighted by molar-refractivity contribution is 7.15. The standard InChI is InChI=1S/C21H21Cl2NO3S/c1-3-15-18(24-21(28-15)12-7-6-11(22)9-13(12)23)17-19(25)10(2)16(20(17)26)14-5-4-8-27-14/h6-7,9-10,14,16-17H,3-5,8H2,1-2H3/t10-,14+,16-,17?/m0/s1. The van der Waals surface area contributed by atoms with Gasteiger partial charge in [0.15, 0.2) is 11.6 Å². The van der Waals surface area contributed by atoms with Gasteiger partial charge >= 0.3 is 0 Å². The van der Waals surface area contributed by atoms with Crippen molar-refractivity contribution in [2.75, 3.05) is 6.61 Å². The highest BCUT2D eigenvalue weighted by Gasteiger charge is 2.52. The summed E-state index contributed by atoms with van der Waals surface area (Å²) in [6.45, 7) is 4.52. The zero-order valence-corrected chi connectivity index (χ0v) is 18.0. The van der Waals surface area contributed by atoms with Crippen LogP contribution in [-0.4, -0.2) is 29.3 Å². The van der Waals surface area contributed by atoms with Crippen molar-refractivity contribution in [3.05, 3.63) is 38.8 Å². The van der Waals surface area contributed by atoms with Gasteiger partial charge in [-0.3, -0.25) is 9.59 Å². The van der Waals surface area contributed by atoms with Crippen molar-refractivity contribution in [1.29, 1.82) is 0 Å². The number of thiazole rings is 1. The number of halogens is 2. The first-order valence-corrected chi connectivity index (χ1v) is 11.1. The minimum Gasteiger partial charge on any atom is -0.377 e. The lowest BCUT2D eigenvalue weighted by atomic mass is 9.89. The number of benzene rings is 1. The maximum absolute atomic E-state index is 13.3. The first kappa shape index (κ1) is 20.0. The van der Waals surface area contributed by atoms with Gasteiger partial charge in [-0.2, -0.15) is 0 Å². The van der Waals surface area contributed by atoms with E-state index in [4.69, 9.17) is 32.9 Å². The van der Waals surface area contributed by atoms with E-state index in [2.05, 4.69) is 0 Å². The van der Waals surface area contributed by atoms with E-state index >= 15 is 0 Å². The lowest BCUT2D eigenvalue weighted by Crippen LogP contribution is -2.29. The average Bonchev–Trinajstić information content (AvgIpc) is 3.36. The Labute approximate surface area is 178 Å². The Morgan fingerprint density at radius 1 is 1.25 bits per heavy atom. The fourth-order valence-electron chi connectivity index (χ4n) is 4.30. The molecule has 1 aliphatic heterocycles. The Bertz CT molecular complexity index is 936. The fourth-order valence-corrected chi connectivity index (χ4v) is 5.93. The maximum Gasteiger partial charge on any atom is 0.155 e. The number of rotatable bonds is 4. The number of aromatic nitrogens is 1. The molecule has 1 saturated carbocycles.